The highest BCUT2D eigenvalue weighted by Crippen LogP contribution is 2.32. The fourth-order valence-corrected chi connectivity index (χ4v) is 10.9. The molecule has 1 nitrogen and oxygen atoms in total. The number of rotatable bonds is 3. The molecule has 0 aliphatic rings. The van der Waals surface area contributed by atoms with Crippen molar-refractivity contribution in [3.63, 3.8) is 0 Å². The standard InChI is InChI=1S/C8H22INSi2/c1-8(2)12(6,7)10(9)11(3,4)5/h8H,1-7H3. The second-order valence-electron chi connectivity index (χ2n) is 5.26. The maximum Gasteiger partial charge on any atom is 0.128 e. The first-order valence-corrected chi connectivity index (χ1v) is 12.0. The summed E-state index contributed by atoms with van der Waals surface area (Å²) in [5.41, 5.74) is 0.848. The van der Waals surface area contributed by atoms with Crippen molar-refractivity contribution in [1.29, 1.82) is 0 Å². The van der Waals surface area contributed by atoms with E-state index >= 15 is 0 Å². The highest BCUT2D eigenvalue weighted by atomic mass is 127. The first-order chi connectivity index (χ1) is 5.10. The second-order valence-corrected chi connectivity index (χ2v) is 18.2. The monoisotopic (exact) mass is 315 g/mol. The van der Waals surface area contributed by atoms with Crippen molar-refractivity contribution in [3.8, 4) is 0 Å². The lowest BCUT2D eigenvalue weighted by molar-refractivity contribution is 0.908. The van der Waals surface area contributed by atoms with Gasteiger partial charge >= 0.3 is 0 Å². The van der Waals surface area contributed by atoms with Gasteiger partial charge in [0.1, 0.15) is 16.5 Å². The van der Waals surface area contributed by atoms with Gasteiger partial charge < -0.3 is 0 Å². The molecule has 0 aliphatic carbocycles. The van der Waals surface area contributed by atoms with E-state index in [0.29, 0.717) is 0 Å². The third kappa shape index (κ3) is 3.12. The van der Waals surface area contributed by atoms with Gasteiger partial charge in [-0.2, -0.15) is 0 Å². The van der Waals surface area contributed by atoms with Crippen molar-refractivity contribution in [2.45, 2.75) is 52.1 Å². The van der Waals surface area contributed by atoms with E-state index in [-0.39, 0.29) is 0 Å². The van der Waals surface area contributed by atoms with Gasteiger partial charge in [0.2, 0.25) is 0 Å². The Morgan fingerprint density at radius 2 is 1.33 bits per heavy atom. The molecule has 0 bridgehead atoms. The molecule has 74 valence electrons. The van der Waals surface area contributed by atoms with E-state index in [2.05, 4.69) is 71.9 Å². The fourth-order valence-electron chi connectivity index (χ4n) is 1.09. The molecule has 0 unspecified atom stereocenters. The Labute approximate surface area is 93.6 Å². The lowest BCUT2D eigenvalue weighted by Gasteiger charge is -2.42. The van der Waals surface area contributed by atoms with Crippen LogP contribution < -0.4 is 0 Å². The van der Waals surface area contributed by atoms with Gasteiger partial charge in [0.15, 0.2) is 0 Å². The summed E-state index contributed by atoms with van der Waals surface area (Å²) in [5.74, 6) is 0. The molecule has 0 amide bonds. The lowest BCUT2D eigenvalue weighted by Crippen LogP contribution is -2.56. The van der Waals surface area contributed by atoms with Crippen LogP contribution in [0.4, 0.5) is 0 Å². The minimum absolute atomic E-state index is 0.848. The van der Waals surface area contributed by atoms with Crippen LogP contribution in [0.1, 0.15) is 13.8 Å². The Bertz CT molecular complexity index is 152. The normalized spacial score (nSPS) is 14.5. The largest absolute Gasteiger partial charge is 0.290 e. The molecule has 12 heavy (non-hydrogen) atoms. The molecule has 0 rings (SSSR count). The lowest BCUT2D eigenvalue weighted by atomic mass is 10.6. The van der Waals surface area contributed by atoms with Crippen LogP contribution in [0.15, 0.2) is 0 Å². The molecule has 0 saturated heterocycles. The Balaban J connectivity index is 4.57. The van der Waals surface area contributed by atoms with Crippen molar-refractivity contribution >= 4 is 39.3 Å². The van der Waals surface area contributed by atoms with E-state index in [1.54, 1.807) is 0 Å². The summed E-state index contributed by atoms with van der Waals surface area (Å²) in [7, 11) is -2.21. The first kappa shape index (κ1) is 13.1. The second kappa shape index (κ2) is 4.10. The molecule has 0 N–H and O–H groups in total. The predicted octanol–water partition coefficient (Wildman–Crippen LogP) is 4.09. The molecule has 4 heteroatoms. The van der Waals surface area contributed by atoms with Gasteiger partial charge in [0.05, 0.1) is 0 Å². The van der Waals surface area contributed by atoms with Crippen LogP contribution in [0, 0.1) is 0 Å². The Hall–Kier alpha value is 1.12. The van der Waals surface area contributed by atoms with E-state index in [0.717, 1.165) is 5.54 Å². The van der Waals surface area contributed by atoms with Crippen molar-refractivity contribution in [3.05, 3.63) is 0 Å². The van der Waals surface area contributed by atoms with E-state index < -0.39 is 16.5 Å². The van der Waals surface area contributed by atoms with Crippen LogP contribution in [0.5, 0.6) is 0 Å². The molecule has 0 aromatic rings. The highest BCUT2D eigenvalue weighted by Gasteiger charge is 2.38. The van der Waals surface area contributed by atoms with Gasteiger partial charge in [0, 0.05) is 22.9 Å². The molecular formula is C8H22INSi2. The van der Waals surface area contributed by atoms with Crippen molar-refractivity contribution in [2.75, 3.05) is 0 Å². The summed E-state index contributed by atoms with van der Waals surface area (Å²) in [6.45, 7) is 16.9. The van der Waals surface area contributed by atoms with Crippen molar-refractivity contribution in [2.24, 2.45) is 0 Å². The molecule has 0 aromatic carbocycles. The zero-order valence-corrected chi connectivity index (χ0v) is 13.6. The summed E-state index contributed by atoms with van der Waals surface area (Å²) >= 11 is 2.56. The average Bonchev–Trinajstić information content (AvgIpc) is 1.83. The molecular weight excluding hydrogens is 293 g/mol. The fraction of sp³-hybridized carbons (Fsp3) is 1.00. The minimum atomic E-state index is -1.14. The highest BCUT2D eigenvalue weighted by molar-refractivity contribution is 14.1. The Kier molecular flexibility index (Phi) is 4.49. The van der Waals surface area contributed by atoms with Gasteiger partial charge in [-0.25, -0.2) is 0 Å². The van der Waals surface area contributed by atoms with E-state index in [9.17, 15) is 0 Å². The molecule has 0 radical (unpaired) electrons. The topological polar surface area (TPSA) is 3.24 Å². The van der Waals surface area contributed by atoms with Gasteiger partial charge in [-0.3, -0.25) is 2.44 Å². The smallest absolute Gasteiger partial charge is 0.128 e. The molecule has 0 saturated carbocycles. The minimum Gasteiger partial charge on any atom is -0.290 e. The third-order valence-electron chi connectivity index (χ3n) is 2.51. The summed E-state index contributed by atoms with van der Waals surface area (Å²) in [6, 6.07) is 0. The first-order valence-electron chi connectivity index (χ1n) is 4.56. The number of halogens is 1. The van der Waals surface area contributed by atoms with Crippen LogP contribution in [0.3, 0.4) is 0 Å². The molecule has 0 aromatic heterocycles. The van der Waals surface area contributed by atoms with Crippen LogP contribution in [0.2, 0.25) is 38.3 Å². The van der Waals surface area contributed by atoms with Crippen LogP contribution in [-0.4, -0.2) is 18.9 Å². The van der Waals surface area contributed by atoms with Crippen LogP contribution in [-0.2, 0) is 0 Å². The number of hydrogen-bond donors (Lipinski definition) is 0. The molecule has 0 atom stereocenters. The summed E-state index contributed by atoms with van der Waals surface area (Å²) < 4.78 is 2.70. The van der Waals surface area contributed by atoms with E-state index in [1.165, 1.54) is 0 Å². The van der Waals surface area contributed by atoms with Gasteiger partial charge in [-0.05, 0) is 5.54 Å². The summed E-state index contributed by atoms with van der Waals surface area (Å²) in [6.07, 6.45) is 0. The van der Waals surface area contributed by atoms with Gasteiger partial charge in [0.25, 0.3) is 0 Å². The zero-order valence-electron chi connectivity index (χ0n) is 9.40. The predicted molar refractivity (Wildman–Crippen MR) is 71.8 cm³/mol. The van der Waals surface area contributed by atoms with Crippen LogP contribution >= 0.6 is 22.9 Å². The Morgan fingerprint density at radius 3 is 1.42 bits per heavy atom. The zero-order chi connectivity index (χ0) is 10.2. The van der Waals surface area contributed by atoms with Crippen molar-refractivity contribution < 1.29 is 0 Å². The third-order valence-corrected chi connectivity index (χ3v) is 19.3. The summed E-state index contributed by atoms with van der Waals surface area (Å²) in [4.78, 5) is 0. The Morgan fingerprint density at radius 1 is 1.00 bits per heavy atom. The van der Waals surface area contributed by atoms with Gasteiger partial charge in [-0.15, -0.1) is 0 Å². The SMILES string of the molecule is CC(C)[Si](C)(C)N(I)[Si](C)(C)C. The van der Waals surface area contributed by atoms with Gasteiger partial charge in [-0.1, -0.05) is 46.6 Å². The van der Waals surface area contributed by atoms with E-state index in [4.69, 9.17) is 0 Å². The van der Waals surface area contributed by atoms with E-state index in [1.807, 2.05) is 0 Å². The summed E-state index contributed by atoms with van der Waals surface area (Å²) in [5, 5.41) is 0. The molecule has 0 fully saturated rings. The number of nitrogens with zero attached hydrogens (tertiary/aromatic N) is 1. The maximum atomic E-state index is 2.70. The molecule has 0 spiro atoms. The quantitative estimate of drug-likeness (QED) is 0.431. The van der Waals surface area contributed by atoms with Crippen molar-refractivity contribution in [1.82, 2.24) is 2.44 Å². The molecule has 0 heterocycles. The average molecular weight is 315 g/mol. The molecule has 0 aliphatic heterocycles. The number of hydrogen-bond acceptors (Lipinski definition) is 1. The maximum absolute atomic E-state index is 2.70. The van der Waals surface area contributed by atoms with Crippen LogP contribution in [0.25, 0.3) is 0 Å².